The quantitative estimate of drug-likeness (QED) is 0.521. The van der Waals surface area contributed by atoms with Crippen molar-refractivity contribution in [2.45, 2.75) is 12.6 Å². The first-order valence-electron chi connectivity index (χ1n) is 3.69. The molecule has 1 unspecified atom stereocenters. The predicted octanol–water partition coefficient (Wildman–Crippen LogP) is -2.04. The van der Waals surface area contributed by atoms with Gasteiger partial charge in [-0.1, -0.05) is 0 Å². The number of carboxylic acids is 1. The van der Waals surface area contributed by atoms with Gasteiger partial charge in [-0.3, -0.25) is 0 Å². The second-order valence-corrected chi connectivity index (χ2v) is 2.53. The second-order valence-electron chi connectivity index (χ2n) is 2.53. The van der Waals surface area contributed by atoms with Gasteiger partial charge in [-0.05, 0) is 0 Å². The van der Waals surface area contributed by atoms with E-state index in [4.69, 9.17) is 5.11 Å². The molecule has 0 amide bonds. The molecule has 8 nitrogen and oxygen atoms in total. The summed E-state index contributed by atoms with van der Waals surface area (Å²) in [6.45, 7) is -0.330. The van der Waals surface area contributed by atoms with Crippen molar-refractivity contribution in [1.29, 1.82) is 0 Å². The van der Waals surface area contributed by atoms with E-state index in [1.54, 1.807) is 0 Å². The molecule has 1 aromatic rings. The predicted molar refractivity (Wildman–Crippen MR) is 44.1 cm³/mol. The van der Waals surface area contributed by atoms with Gasteiger partial charge >= 0.3 is 17.3 Å². The first-order valence-corrected chi connectivity index (χ1v) is 3.69. The maximum Gasteiger partial charge on any atom is 0.344 e. The highest BCUT2D eigenvalue weighted by Crippen LogP contribution is 1.91. The van der Waals surface area contributed by atoms with Crippen LogP contribution in [0.2, 0.25) is 0 Å². The molecule has 8 heteroatoms. The Hall–Kier alpha value is -1.83. The number of aliphatic carboxylic acids is 1. The van der Waals surface area contributed by atoms with Crippen LogP contribution in [0.5, 0.6) is 0 Å². The lowest BCUT2D eigenvalue weighted by molar-refractivity contribution is -0.149. The lowest BCUT2D eigenvalue weighted by Gasteiger charge is -2.08. The summed E-state index contributed by atoms with van der Waals surface area (Å²) < 4.78 is 5.28. The fourth-order valence-electron chi connectivity index (χ4n) is 0.919. The van der Waals surface area contributed by atoms with E-state index < -0.39 is 23.5 Å². The van der Waals surface area contributed by atoms with Crippen molar-refractivity contribution >= 4 is 5.97 Å². The minimum absolute atomic E-state index is 0.330. The van der Waals surface area contributed by atoms with E-state index in [-0.39, 0.29) is 6.54 Å². The molecule has 0 aromatic carbocycles. The molecule has 0 spiro atoms. The van der Waals surface area contributed by atoms with Crippen LogP contribution in [0.4, 0.5) is 0 Å². The van der Waals surface area contributed by atoms with Crippen LogP contribution in [-0.4, -0.2) is 39.1 Å². The molecule has 78 valence electrons. The first kappa shape index (κ1) is 10.3. The summed E-state index contributed by atoms with van der Waals surface area (Å²) in [4.78, 5) is 32.4. The van der Waals surface area contributed by atoms with E-state index in [0.29, 0.717) is 4.57 Å². The van der Waals surface area contributed by atoms with Crippen molar-refractivity contribution in [3.8, 4) is 0 Å². The Kier molecular flexibility index (Phi) is 2.87. The second kappa shape index (κ2) is 3.92. The molecule has 0 aliphatic rings. The zero-order chi connectivity index (χ0) is 10.7. The Balaban J connectivity index is 2.93. The molecule has 3 N–H and O–H groups in total. The van der Waals surface area contributed by atoms with Crippen LogP contribution in [0.15, 0.2) is 9.59 Å². The van der Waals surface area contributed by atoms with E-state index >= 15 is 0 Å². The third-order valence-corrected chi connectivity index (χ3v) is 1.68. The minimum atomic E-state index is -1.24. The molecule has 1 rings (SSSR count). The van der Waals surface area contributed by atoms with Gasteiger partial charge in [0.25, 0.3) is 0 Å². The molecule has 0 bridgehead atoms. The van der Waals surface area contributed by atoms with Gasteiger partial charge in [0.2, 0.25) is 0 Å². The Morgan fingerprint density at radius 1 is 1.50 bits per heavy atom. The zero-order valence-electron chi connectivity index (χ0n) is 7.31. The summed E-state index contributed by atoms with van der Waals surface area (Å²) in [5.74, 6) is -1.24. The van der Waals surface area contributed by atoms with E-state index in [9.17, 15) is 14.4 Å². The fraction of sp³-hybridized carbons (Fsp3) is 0.500. The van der Waals surface area contributed by atoms with Crippen molar-refractivity contribution in [2.75, 3.05) is 7.11 Å². The van der Waals surface area contributed by atoms with E-state index in [1.165, 1.54) is 7.11 Å². The van der Waals surface area contributed by atoms with Gasteiger partial charge in [0.15, 0.2) is 6.10 Å². The van der Waals surface area contributed by atoms with E-state index in [1.807, 2.05) is 10.2 Å². The first-order chi connectivity index (χ1) is 6.56. The average molecular weight is 203 g/mol. The van der Waals surface area contributed by atoms with Crippen molar-refractivity contribution in [1.82, 2.24) is 14.8 Å². The number of hydrogen-bond donors (Lipinski definition) is 3. The van der Waals surface area contributed by atoms with Crippen LogP contribution in [0, 0.1) is 0 Å². The fourth-order valence-corrected chi connectivity index (χ4v) is 0.919. The third-order valence-electron chi connectivity index (χ3n) is 1.68. The molecule has 1 aromatic heterocycles. The molecule has 0 saturated heterocycles. The van der Waals surface area contributed by atoms with Crippen LogP contribution in [0.3, 0.4) is 0 Å². The lowest BCUT2D eigenvalue weighted by atomic mass is 10.3. The Bertz CT molecular complexity index is 400. The Morgan fingerprint density at radius 2 is 2.00 bits per heavy atom. The largest absolute Gasteiger partial charge is 0.479 e. The summed E-state index contributed by atoms with van der Waals surface area (Å²) >= 11 is 0. The molecular formula is C6H9N3O5. The van der Waals surface area contributed by atoms with Gasteiger partial charge in [-0.25, -0.2) is 29.1 Å². The molecule has 0 aliphatic carbocycles. The van der Waals surface area contributed by atoms with Crippen LogP contribution in [0.25, 0.3) is 0 Å². The molecule has 14 heavy (non-hydrogen) atoms. The molecule has 0 fully saturated rings. The van der Waals surface area contributed by atoms with Crippen LogP contribution < -0.4 is 11.4 Å². The van der Waals surface area contributed by atoms with Gasteiger partial charge in [0, 0.05) is 7.11 Å². The Labute approximate surface area is 77.1 Å². The normalized spacial score (nSPS) is 12.6. The number of aromatic amines is 2. The lowest BCUT2D eigenvalue weighted by Crippen LogP contribution is -2.36. The highest BCUT2D eigenvalue weighted by atomic mass is 16.5. The number of carboxylic acid groups (broad SMARTS) is 1. The number of ether oxygens (including phenoxy) is 1. The number of carbonyl (C=O) groups is 1. The highest BCUT2D eigenvalue weighted by molar-refractivity contribution is 5.72. The van der Waals surface area contributed by atoms with Crippen molar-refractivity contribution in [3.63, 3.8) is 0 Å². The van der Waals surface area contributed by atoms with Gasteiger partial charge in [-0.15, -0.1) is 0 Å². The number of H-pyrrole nitrogens is 2. The molecule has 0 radical (unpaired) electrons. The van der Waals surface area contributed by atoms with Crippen LogP contribution >= 0.6 is 0 Å². The number of aromatic nitrogens is 3. The summed E-state index contributed by atoms with van der Waals surface area (Å²) in [5.41, 5.74) is -1.39. The number of hydrogen-bond acceptors (Lipinski definition) is 4. The van der Waals surface area contributed by atoms with Gasteiger partial charge < -0.3 is 9.84 Å². The smallest absolute Gasteiger partial charge is 0.344 e. The van der Waals surface area contributed by atoms with Crippen molar-refractivity contribution in [2.24, 2.45) is 0 Å². The van der Waals surface area contributed by atoms with Gasteiger partial charge in [-0.2, -0.15) is 0 Å². The van der Waals surface area contributed by atoms with Crippen molar-refractivity contribution < 1.29 is 14.6 Å². The van der Waals surface area contributed by atoms with Crippen molar-refractivity contribution in [3.05, 3.63) is 21.0 Å². The number of methoxy groups -OCH3 is 1. The molecule has 0 aliphatic heterocycles. The van der Waals surface area contributed by atoms with E-state index in [2.05, 4.69) is 4.74 Å². The van der Waals surface area contributed by atoms with Crippen LogP contribution in [-0.2, 0) is 16.1 Å². The summed E-state index contributed by atoms with van der Waals surface area (Å²) in [7, 11) is 1.19. The molecule has 1 heterocycles. The summed E-state index contributed by atoms with van der Waals surface area (Å²) in [6.07, 6.45) is -1.22. The van der Waals surface area contributed by atoms with Gasteiger partial charge in [0.1, 0.15) is 0 Å². The Morgan fingerprint density at radius 3 is 2.36 bits per heavy atom. The number of nitrogens with one attached hydrogen (secondary N) is 2. The summed E-state index contributed by atoms with van der Waals surface area (Å²) in [6, 6.07) is 0. The topological polar surface area (TPSA) is 117 Å². The standard InChI is InChI=1S/C6H9N3O5/c1-14-3(4(10)11)2-9-5(12)7-8-6(9)13/h3H,2H2,1H3,(H,7,12)(H,8,13)(H,10,11). The summed E-state index contributed by atoms with van der Waals surface area (Å²) in [5, 5.41) is 12.6. The SMILES string of the molecule is COC(Cn1c(=O)[nH][nH]c1=O)C(=O)O. The highest BCUT2D eigenvalue weighted by Gasteiger charge is 2.19. The maximum absolute atomic E-state index is 10.9. The number of nitrogens with zero attached hydrogens (tertiary/aromatic N) is 1. The van der Waals surface area contributed by atoms with Gasteiger partial charge in [0.05, 0.1) is 6.54 Å². The molecular weight excluding hydrogens is 194 g/mol. The number of rotatable bonds is 4. The molecule has 1 atom stereocenters. The molecule has 0 saturated carbocycles. The maximum atomic E-state index is 10.9. The van der Waals surface area contributed by atoms with Crippen LogP contribution in [0.1, 0.15) is 0 Å². The third kappa shape index (κ3) is 1.91. The average Bonchev–Trinajstić information content (AvgIpc) is 2.43. The van der Waals surface area contributed by atoms with E-state index in [0.717, 1.165) is 0 Å². The minimum Gasteiger partial charge on any atom is -0.479 e. The zero-order valence-corrected chi connectivity index (χ0v) is 7.31. The monoisotopic (exact) mass is 203 g/mol.